The number of aromatic nitrogens is 2. The molecule has 1 atom stereocenters. The topological polar surface area (TPSA) is 129 Å². The number of benzene rings is 1. The quantitative estimate of drug-likeness (QED) is 0.579. The van der Waals surface area contributed by atoms with E-state index in [0.717, 1.165) is 10.1 Å². The van der Waals surface area contributed by atoms with Gasteiger partial charge < -0.3 is 20.4 Å². The maximum atomic E-state index is 12.2. The van der Waals surface area contributed by atoms with Gasteiger partial charge in [-0.3, -0.25) is 14.3 Å². The fourth-order valence-electron chi connectivity index (χ4n) is 2.82. The average Bonchev–Trinajstić information content (AvgIpc) is 3.08. The van der Waals surface area contributed by atoms with Crippen molar-refractivity contribution < 1.29 is 14.9 Å². The zero-order valence-electron chi connectivity index (χ0n) is 14.0. The number of nitrogens with one attached hydrogen (secondary N) is 2. The monoisotopic (exact) mass is 358 g/mol. The van der Waals surface area contributed by atoms with Crippen LogP contribution in [0.3, 0.4) is 0 Å². The molecule has 9 heteroatoms. The molecule has 0 unspecified atom stereocenters. The zero-order chi connectivity index (χ0) is 18.8. The van der Waals surface area contributed by atoms with Gasteiger partial charge in [0.1, 0.15) is 5.56 Å². The normalized spacial score (nSPS) is 16.0. The Morgan fingerprint density at radius 2 is 2.19 bits per heavy atom. The van der Waals surface area contributed by atoms with Crippen molar-refractivity contribution in [3.8, 4) is 17.4 Å². The maximum Gasteiger partial charge on any atom is 0.331 e. The molecule has 0 amide bonds. The lowest BCUT2D eigenvalue weighted by Gasteiger charge is -2.13. The zero-order valence-corrected chi connectivity index (χ0v) is 14.0. The minimum atomic E-state index is -0.720. The van der Waals surface area contributed by atoms with E-state index in [-0.39, 0.29) is 23.9 Å². The lowest BCUT2D eigenvalue weighted by molar-refractivity contribution is 0.372. The molecule has 0 bridgehead atoms. The lowest BCUT2D eigenvalue weighted by atomic mass is 9.99. The van der Waals surface area contributed by atoms with Gasteiger partial charge in [-0.25, -0.2) is 4.79 Å². The summed E-state index contributed by atoms with van der Waals surface area (Å²) in [5.41, 5.74) is 2.50. The van der Waals surface area contributed by atoms with Crippen LogP contribution in [-0.2, 0) is 6.54 Å². The van der Waals surface area contributed by atoms with Gasteiger partial charge in [-0.15, -0.1) is 6.58 Å². The number of H-pyrrole nitrogens is 1. The molecule has 2 heterocycles. The smallest absolute Gasteiger partial charge is 0.331 e. The summed E-state index contributed by atoms with van der Waals surface area (Å²) >= 11 is 0. The third-order valence-electron chi connectivity index (χ3n) is 4.13. The second kappa shape index (κ2) is 6.79. The molecule has 26 heavy (non-hydrogen) atoms. The summed E-state index contributed by atoms with van der Waals surface area (Å²) in [5.74, 6) is -0.123. The highest BCUT2D eigenvalue weighted by Crippen LogP contribution is 2.32. The Bertz CT molecular complexity index is 1010. The predicted octanol–water partition coefficient (Wildman–Crippen LogP) is 0.581. The molecule has 1 aliphatic heterocycles. The number of hydrogen-bond acceptors (Lipinski definition) is 7. The van der Waals surface area contributed by atoms with Gasteiger partial charge >= 0.3 is 5.69 Å². The van der Waals surface area contributed by atoms with Gasteiger partial charge in [0.15, 0.2) is 11.5 Å². The van der Waals surface area contributed by atoms with Crippen LogP contribution < -0.4 is 21.4 Å². The van der Waals surface area contributed by atoms with E-state index in [1.54, 1.807) is 12.1 Å². The van der Waals surface area contributed by atoms with Crippen LogP contribution in [0.1, 0.15) is 23.6 Å². The molecular weight excluding hydrogens is 340 g/mol. The van der Waals surface area contributed by atoms with Gasteiger partial charge in [0, 0.05) is 13.0 Å². The molecule has 136 valence electrons. The molecule has 4 N–H and O–H groups in total. The Morgan fingerprint density at radius 3 is 2.88 bits per heavy atom. The van der Waals surface area contributed by atoms with Crippen molar-refractivity contribution in [2.75, 3.05) is 7.11 Å². The first-order valence-corrected chi connectivity index (χ1v) is 7.82. The number of phenolic OH excluding ortho intramolecular Hbond substituents is 1. The number of hydrogen-bond donors (Lipinski definition) is 4. The summed E-state index contributed by atoms with van der Waals surface area (Å²) in [6.45, 7) is 3.57. The molecule has 0 saturated heterocycles. The number of ether oxygens (including phenoxy) is 1. The van der Waals surface area contributed by atoms with Crippen LogP contribution in [0.25, 0.3) is 0 Å². The van der Waals surface area contributed by atoms with E-state index in [4.69, 9.17) is 4.74 Å². The fraction of sp³-hybridized carbons (Fsp3) is 0.235. The first kappa shape index (κ1) is 17.3. The largest absolute Gasteiger partial charge is 0.504 e. The van der Waals surface area contributed by atoms with Crippen LogP contribution in [0.15, 0.2) is 45.5 Å². The predicted molar refractivity (Wildman–Crippen MR) is 94.9 cm³/mol. The number of aromatic amines is 1. The van der Waals surface area contributed by atoms with E-state index in [1.165, 1.54) is 19.3 Å². The van der Waals surface area contributed by atoms with Gasteiger partial charge in [0.25, 0.3) is 5.56 Å². The number of methoxy groups -OCH3 is 1. The van der Waals surface area contributed by atoms with E-state index in [0.29, 0.717) is 17.9 Å². The minimum absolute atomic E-state index is 0.0148. The van der Waals surface area contributed by atoms with Crippen molar-refractivity contribution in [3.63, 3.8) is 0 Å². The highest BCUT2D eigenvalue weighted by Gasteiger charge is 2.27. The number of rotatable bonds is 5. The molecule has 0 radical (unpaired) electrons. The standard InChI is InChI=1S/C17H18N4O5/c1-3-6-21-16(24)14(15(23)18-17(21)25)11-8-10(19-20-11)9-4-5-12(22)13(7-9)26-2/h3-5,7,10,19,22,24H,1,6,8H2,2H3,(H,18,23,25)/t10-/m1/s1. The SMILES string of the molecule is C=CCn1c(O)c(C2=NN[C@@H](c3ccc(O)c(OC)c3)C2)c(=O)[nH]c1=O. The van der Waals surface area contributed by atoms with Crippen LogP contribution >= 0.6 is 0 Å². The molecule has 1 aromatic carbocycles. The molecule has 1 aliphatic rings. The first-order chi connectivity index (χ1) is 12.5. The van der Waals surface area contributed by atoms with E-state index in [9.17, 15) is 19.8 Å². The minimum Gasteiger partial charge on any atom is -0.504 e. The molecule has 3 rings (SSSR count). The number of hydrazone groups is 1. The van der Waals surface area contributed by atoms with E-state index in [1.807, 2.05) is 0 Å². The molecule has 0 spiro atoms. The molecule has 0 saturated carbocycles. The Hall–Kier alpha value is -3.49. The summed E-state index contributed by atoms with van der Waals surface area (Å²) in [6.07, 6.45) is 1.74. The molecule has 2 aromatic rings. The molecule has 0 aliphatic carbocycles. The third kappa shape index (κ3) is 2.94. The second-order valence-electron chi connectivity index (χ2n) is 5.73. The number of allylic oxidation sites excluding steroid dienone is 1. The van der Waals surface area contributed by atoms with Crippen molar-refractivity contribution in [1.29, 1.82) is 0 Å². The average molecular weight is 358 g/mol. The van der Waals surface area contributed by atoms with Crippen molar-refractivity contribution >= 4 is 5.71 Å². The van der Waals surface area contributed by atoms with Crippen molar-refractivity contribution in [3.05, 3.63) is 62.8 Å². The summed E-state index contributed by atoms with van der Waals surface area (Å²) in [6, 6.07) is 4.59. The Balaban J connectivity index is 1.94. The van der Waals surface area contributed by atoms with Gasteiger partial charge in [0.05, 0.1) is 18.9 Å². The van der Waals surface area contributed by atoms with Crippen LogP contribution in [0.2, 0.25) is 0 Å². The van der Waals surface area contributed by atoms with E-state index < -0.39 is 17.1 Å². The molecule has 9 nitrogen and oxygen atoms in total. The number of aromatic hydroxyl groups is 2. The van der Waals surface area contributed by atoms with Crippen LogP contribution in [-0.4, -0.2) is 32.6 Å². The Labute approximate surface area is 147 Å². The molecule has 1 aromatic heterocycles. The summed E-state index contributed by atoms with van der Waals surface area (Å²) in [4.78, 5) is 26.2. The maximum absolute atomic E-state index is 12.2. The lowest BCUT2D eigenvalue weighted by Crippen LogP contribution is -2.33. The van der Waals surface area contributed by atoms with E-state index >= 15 is 0 Å². The van der Waals surface area contributed by atoms with Crippen molar-refractivity contribution in [2.24, 2.45) is 5.10 Å². The summed E-state index contributed by atoms with van der Waals surface area (Å²) < 4.78 is 6.10. The Kier molecular flexibility index (Phi) is 4.53. The van der Waals surface area contributed by atoms with Crippen LogP contribution in [0.4, 0.5) is 0 Å². The molecule has 0 fully saturated rings. The second-order valence-corrected chi connectivity index (χ2v) is 5.73. The van der Waals surface area contributed by atoms with Crippen molar-refractivity contribution in [2.45, 2.75) is 19.0 Å². The highest BCUT2D eigenvalue weighted by molar-refractivity contribution is 6.03. The van der Waals surface area contributed by atoms with Crippen molar-refractivity contribution in [1.82, 2.24) is 15.0 Å². The fourth-order valence-corrected chi connectivity index (χ4v) is 2.82. The van der Waals surface area contributed by atoms with Gasteiger partial charge in [-0.1, -0.05) is 12.1 Å². The third-order valence-corrected chi connectivity index (χ3v) is 4.13. The highest BCUT2D eigenvalue weighted by atomic mass is 16.5. The van der Waals surface area contributed by atoms with E-state index in [2.05, 4.69) is 22.1 Å². The molecular formula is C17H18N4O5. The summed E-state index contributed by atoms with van der Waals surface area (Å²) in [5, 5.41) is 24.2. The number of nitrogens with zero attached hydrogens (tertiary/aromatic N) is 2. The first-order valence-electron chi connectivity index (χ1n) is 7.82. The van der Waals surface area contributed by atoms with Gasteiger partial charge in [-0.2, -0.15) is 5.10 Å². The van der Waals surface area contributed by atoms with Gasteiger partial charge in [0.2, 0.25) is 5.88 Å². The Morgan fingerprint density at radius 1 is 1.42 bits per heavy atom. The number of phenols is 1. The van der Waals surface area contributed by atoms with Crippen LogP contribution in [0, 0.1) is 0 Å². The summed E-state index contributed by atoms with van der Waals surface area (Å²) in [7, 11) is 1.45. The van der Waals surface area contributed by atoms with Crippen LogP contribution in [0.5, 0.6) is 17.4 Å². The van der Waals surface area contributed by atoms with Gasteiger partial charge in [-0.05, 0) is 17.7 Å².